The van der Waals surface area contributed by atoms with Gasteiger partial charge in [-0.05, 0) is 6.92 Å². The normalized spacial score (nSPS) is 8.83. The average molecular weight is 294 g/mol. The number of halogens is 1. The molecule has 1 atom stereocenters. The molecule has 0 aromatic carbocycles. The first kappa shape index (κ1) is 36.4. The number of hydrogen-bond acceptors (Lipinski definition) is 7. The van der Waals surface area contributed by atoms with Gasteiger partial charge in [0.2, 0.25) is 6.16 Å². The van der Waals surface area contributed by atoms with E-state index in [1.165, 1.54) is 6.92 Å². The van der Waals surface area contributed by atoms with Crippen molar-refractivity contribution in [3.63, 3.8) is 0 Å². The zero-order valence-corrected chi connectivity index (χ0v) is 14.7. The maximum Gasteiger partial charge on any atom is 1.00 e. The van der Waals surface area contributed by atoms with E-state index in [1.54, 1.807) is 0 Å². The van der Waals surface area contributed by atoms with Crippen LogP contribution in [-0.4, -0.2) is 68.8 Å². The van der Waals surface area contributed by atoms with Crippen LogP contribution in [0.1, 0.15) is 6.92 Å². The summed E-state index contributed by atoms with van der Waals surface area (Å²) in [6, 6.07) is 0. The van der Waals surface area contributed by atoms with E-state index in [4.69, 9.17) is 40.5 Å². The molecule has 18 heavy (non-hydrogen) atoms. The van der Waals surface area contributed by atoms with Crippen LogP contribution >= 0.6 is 0 Å². The summed E-state index contributed by atoms with van der Waals surface area (Å²) in [7, 11) is 0. The van der Waals surface area contributed by atoms with Crippen molar-refractivity contribution in [2.75, 3.05) is 19.8 Å². The van der Waals surface area contributed by atoms with E-state index >= 15 is 0 Å². The molecule has 0 bridgehead atoms. The summed E-state index contributed by atoms with van der Waals surface area (Å²) in [5.41, 5.74) is 0. The zero-order chi connectivity index (χ0) is 12.9. The monoisotopic (exact) mass is 294 g/mol. The van der Waals surface area contributed by atoms with E-state index in [0.717, 1.165) is 0 Å². The van der Waals surface area contributed by atoms with Gasteiger partial charge in [0.1, 0.15) is 6.10 Å². The Morgan fingerprint density at radius 2 is 1.22 bits per heavy atom. The largest absolute Gasteiger partial charge is 1.00 e. The van der Waals surface area contributed by atoms with Gasteiger partial charge in [0.05, 0.1) is 25.9 Å². The Kier molecular flexibility index (Phi) is 62.3. The van der Waals surface area contributed by atoms with Crippen molar-refractivity contribution < 1.29 is 104 Å². The van der Waals surface area contributed by atoms with E-state index < -0.39 is 18.4 Å². The molecule has 0 aromatic heterocycles. The number of hydrogen-bond donors (Lipinski definition) is 6. The second kappa shape index (κ2) is 30.8. The van der Waals surface area contributed by atoms with Crippen molar-refractivity contribution in [1.82, 2.24) is 0 Å². The van der Waals surface area contributed by atoms with Gasteiger partial charge in [0, 0.05) is 0 Å². The Balaban J connectivity index is -0.0000000282. The van der Waals surface area contributed by atoms with Crippen LogP contribution < -0.4 is 68.9 Å². The summed E-state index contributed by atoms with van der Waals surface area (Å²) in [5, 5.41) is 55.3. The smallest absolute Gasteiger partial charge is 1.00 e. The van der Waals surface area contributed by atoms with Crippen LogP contribution in [0.25, 0.3) is 0 Å². The van der Waals surface area contributed by atoms with Crippen molar-refractivity contribution in [3.05, 3.63) is 0 Å². The molecule has 102 valence electrons. The first-order valence-electron chi connectivity index (χ1n) is 3.90. The Labute approximate surface area is 148 Å². The van der Waals surface area contributed by atoms with E-state index in [2.05, 4.69) is 0 Å². The summed E-state index contributed by atoms with van der Waals surface area (Å²) < 4.78 is 0. The molecule has 0 aliphatic rings. The van der Waals surface area contributed by atoms with Gasteiger partial charge >= 0.3 is 59.1 Å². The maximum atomic E-state index is 8.44. The molecular formula is C7H17FNa2O8. The molecule has 0 fully saturated rings. The molecule has 0 aliphatic carbocycles. The molecule has 0 saturated heterocycles. The fourth-order valence-corrected chi connectivity index (χ4v) is 0.0577. The number of aliphatic hydroxyl groups is 5. The van der Waals surface area contributed by atoms with Crippen molar-refractivity contribution in [3.8, 4) is 0 Å². The summed E-state index contributed by atoms with van der Waals surface area (Å²) >= 11 is 0. The average Bonchev–Trinajstić information content (AvgIpc) is 2.16. The number of rotatable bonds is 3. The summed E-state index contributed by atoms with van der Waals surface area (Å²) in [5.74, 6) is 0. The van der Waals surface area contributed by atoms with Crippen LogP contribution in [0.3, 0.4) is 0 Å². The van der Waals surface area contributed by atoms with E-state index in [0.29, 0.717) is 0 Å². The van der Waals surface area contributed by atoms with Gasteiger partial charge in [-0.1, -0.05) is 0 Å². The third-order valence-electron chi connectivity index (χ3n) is 0.686. The second-order valence-electron chi connectivity index (χ2n) is 2.32. The molecule has 0 aliphatic heterocycles. The van der Waals surface area contributed by atoms with Gasteiger partial charge in [-0.3, -0.25) is 0 Å². The van der Waals surface area contributed by atoms with E-state index in [1.807, 2.05) is 0 Å². The van der Waals surface area contributed by atoms with Gasteiger partial charge in [0.25, 0.3) is 0 Å². The molecule has 6 N–H and O–H groups in total. The molecule has 0 aromatic rings. The van der Waals surface area contributed by atoms with Gasteiger partial charge < -0.3 is 45.2 Å². The maximum absolute atomic E-state index is 8.44. The van der Waals surface area contributed by atoms with Gasteiger partial charge in [-0.2, -0.15) is 0 Å². The Bertz CT molecular complexity index is 133. The minimum atomic E-state index is -2.08. The third kappa shape index (κ3) is 88.8. The predicted molar refractivity (Wildman–Crippen MR) is 47.0 cm³/mol. The van der Waals surface area contributed by atoms with Gasteiger partial charge in [0.15, 0.2) is 0 Å². The molecule has 0 rings (SSSR count). The summed E-state index contributed by atoms with van der Waals surface area (Å²) in [6.45, 7) is 0.660. The first-order chi connectivity index (χ1) is 6.81. The number of carbonyl (C=O) groups is 1. The van der Waals surface area contributed by atoms with Crippen LogP contribution in [0.15, 0.2) is 0 Å². The molecule has 0 saturated carbocycles. The van der Waals surface area contributed by atoms with Crippen LogP contribution in [0.2, 0.25) is 0 Å². The Hall–Kier alpha value is 1.000. The quantitative estimate of drug-likeness (QED) is 0.280. The standard InChI is InChI=1S/C3H8O3.C3H8O2.CH2O3.FH.2Na/c4-1-3(6)2-5;1-3(5)2-4;2-1(3)4;;;/h3-6H,1-2H2;3-5H,2H2,1H3;(H2,2,3,4);1H;;/q;;;;2*+1/p-2. The summed E-state index contributed by atoms with van der Waals surface area (Å²) in [6.07, 6.45) is -3.60. The molecule has 11 heteroatoms. The minimum absolute atomic E-state index is 0. The fraction of sp³-hybridized carbons (Fsp3) is 0.857. The first-order valence-corrected chi connectivity index (χ1v) is 3.90. The van der Waals surface area contributed by atoms with Crippen molar-refractivity contribution in [2.45, 2.75) is 19.1 Å². The van der Waals surface area contributed by atoms with Crippen LogP contribution in [0.5, 0.6) is 0 Å². The van der Waals surface area contributed by atoms with Crippen molar-refractivity contribution in [1.29, 1.82) is 0 Å². The predicted octanol–water partition coefficient (Wildman–Crippen LogP) is -12.4. The minimum Gasteiger partial charge on any atom is -1.00 e. The van der Waals surface area contributed by atoms with Gasteiger partial charge in [-0.15, -0.1) is 0 Å². The zero-order valence-electron chi connectivity index (χ0n) is 10.7. The molecule has 0 spiro atoms. The Morgan fingerprint density at radius 1 is 1.06 bits per heavy atom. The van der Waals surface area contributed by atoms with Crippen molar-refractivity contribution >= 4 is 6.16 Å². The number of carboxylic acid groups (broad SMARTS) is 2. The fourth-order valence-electron chi connectivity index (χ4n) is 0.0577. The molecule has 0 heterocycles. The topological polar surface area (TPSA) is 162 Å². The van der Waals surface area contributed by atoms with Crippen molar-refractivity contribution in [2.24, 2.45) is 0 Å². The van der Waals surface area contributed by atoms with Crippen LogP contribution in [0, 0.1) is 0 Å². The van der Waals surface area contributed by atoms with Gasteiger partial charge in [-0.25, -0.2) is 0 Å². The molecule has 0 radical (unpaired) electrons. The molecule has 8 nitrogen and oxygen atoms in total. The summed E-state index contributed by atoms with van der Waals surface area (Å²) in [4.78, 5) is 8.44. The Morgan fingerprint density at radius 3 is 1.22 bits per heavy atom. The third-order valence-corrected chi connectivity index (χ3v) is 0.686. The SMILES string of the molecule is CC(O)CO.O=C([O-])O.OCC(O)CO.[F-].[Na+].[Na+]. The molecular weight excluding hydrogens is 277 g/mol. The molecule has 1 unspecified atom stereocenters. The number of aliphatic hydroxyl groups excluding tert-OH is 5. The molecule has 0 amide bonds. The van der Waals surface area contributed by atoms with E-state index in [-0.39, 0.29) is 83.6 Å². The van der Waals surface area contributed by atoms with Crippen LogP contribution in [0.4, 0.5) is 4.79 Å². The van der Waals surface area contributed by atoms with Crippen LogP contribution in [-0.2, 0) is 0 Å². The second-order valence-corrected chi connectivity index (χ2v) is 2.32. The van der Waals surface area contributed by atoms with E-state index in [9.17, 15) is 0 Å².